The van der Waals surface area contributed by atoms with E-state index in [1.807, 2.05) is 18.2 Å². The summed E-state index contributed by atoms with van der Waals surface area (Å²) in [6, 6.07) is 10.1. The largest absolute Gasteiger partial charge is 0.298 e. The topological polar surface area (TPSA) is 17.1 Å². The van der Waals surface area contributed by atoms with Crippen molar-refractivity contribution in [2.24, 2.45) is 0 Å². The quantitative estimate of drug-likeness (QED) is 0.558. The number of carbonyl (C=O) groups is 1. The minimum atomic E-state index is -1.46. The Kier molecular flexibility index (Phi) is 3.96. The summed E-state index contributed by atoms with van der Waals surface area (Å²) < 4.78 is 0. The van der Waals surface area contributed by atoms with Crippen molar-refractivity contribution < 1.29 is 4.79 Å². The Bertz CT molecular complexity index is 516. The van der Waals surface area contributed by atoms with Gasteiger partial charge in [-0.2, -0.15) is 0 Å². The minimum Gasteiger partial charge on any atom is -0.298 e. The van der Waals surface area contributed by atoms with Crippen LogP contribution in [0.1, 0.15) is 31.2 Å². The zero-order chi connectivity index (χ0) is 13.9. The number of rotatable bonds is 1. The molecule has 1 saturated carbocycles. The van der Waals surface area contributed by atoms with Crippen molar-refractivity contribution in [3.05, 3.63) is 35.9 Å². The maximum atomic E-state index is 12.5. The molecule has 1 fully saturated rings. The summed E-state index contributed by atoms with van der Waals surface area (Å²) in [5.41, 5.74) is 3.99. The third kappa shape index (κ3) is 3.16. The maximum absolute atomic E-state index is 12.5. The highest BCUT2D eigenvalue weighted by Gasteiger charge is 2.39. The second kappa shape index (κ2) is 5.34. The van der Waals surface area contributed by atoms with Gasteiger partial charge >= 0.3 is 0 Å². The Hall–Kier alpha value is -1.33. The van der Waals surface area contributed by atoms with Gasteiger partial charge in [0.25, 0.3) is 0 Å². The molecule has 1 unspecified atom stereocenters. The molecule has 19 heavy (non-hydrogen) atoms. The smallest absolute Gasteiger partial charge is 0.155 e. The van der Waals surface area contributed by atoms with E-state index in [1.165, 1.54) is 0 Å². The second-order valence-electron chi connectivity index (χ2n) is 6.40. The number of Topliss-reactive ketones (excluding diaryl/α,β-unsaturated/α-hetero) is 1. The molecule has 0 N–H and O–H groups in total. The number of ketones is 1. The highest BCUT2D eigenvalue weighted by atomic mass is 28.3. The zero-order valence-electron chi connectivity index (χ0n) is 12.1. The van der Waals surface area contributed by atoms with E-state index < -0.39 is 13.5 Å². The highest BCUT2D eigenvalue weighted by molar-refractivity contribution is 6.83. The molecule has 1 aromatic rings. The zero-order valence-corrected chi connectivity index (χ0v) is 13.1. The molecule has 2 rings (SSSR count). The van der Waals surface area contributed by atoms with E-state index in [2.05, 4.69) is 43.2 Å². The number of benzene rings is 1. The summed E-state index contributed by atoms with van der Waals surface area (Å²) in [5, 5.41) is 0. The van der Waals surface area contributed by atoms with Gasteiger partial charge < -0.3 is 0 Å². The third-order valence-electron chi connectivity index (χ3n) is 3.60. The average Bonchev–Trinajstić information content (AvgIpc) is 2.38. The molecule has 0 amide bonds. The van der Waals surface area contributed by atoms with Gasteiger partial charge in [0.15, 0.2) is 5.78 Å². The summed E-state index contributed by atoms with van der Waals surface area (Å²) in [6.45, 7) is 6.68. The van der Waals surface area contributed by atoms with Crippen LogP contribution in [-0.4, -0.2) is 13.9 Å². The van der Waals surface area contributed by atoms with E-state index in [9.17, 15) is 4.79 Å². The molecule has 0 radical (unpaired) electrons. The fourth-order valence-corrected chi connectivity index (χ4v) is 3.14. The van der Waals surface area contributed by atoms with Gasteiger partial charge in [-0.25, -0.2) is 0 Å². The van der Waals surface area contributed by atoms with Gasteiger partial charge in [0, 0.05) is 6.42 Å². The molecular formula is C17H22OSi. The van der Waals surface area contributed by atoms with Gasteiger partial charge in [0.05, 0.1) is 0 Å². The Morgan fingerprint density at radius 1 is 1.11 bits per heavy atom. The molecule has 0 saturated heterocycles. The van der Waals surface area contributed by atoms with Crippen LogP contribution in [0, 0.1) is 11.5 Å². The minimum absolute atomic E-state index is 0.315. The lowest BCUT2D eigenvalue weighted by atomic mass is 9.69. The molecule has 1 nitrogen and oxygen atoms in total. The molecule has 0 aliphatic heterocycles. The van der Waals surface area contributed by atoms with Crippen LogP contribution in [0.25, 0.3) is 0 Å². The van der Waals surface area contributed by atoms with E-state index in [1.54, 1.807) is 0 Å². The SMILES string of the molecule is C[Si](C)(C)C#CC1(c2ccccc2)CCCCC1=O. The van der Waals surface area contributed by atoms with Crippen molar-refractivity contribution >= 4 is 13.9 Å². The first-order valence-electron chi connectivity index (χ1n) is 7.07. The van der Waals surface area contributed by atoms with Crippen LogP contribution < -0.4 is 0 Å². The molecule has 2 heteroatoms. The fourth-order valence-electron chi connectivity index (χ4n) is 2.56. The maximum Gasteiger partial charge on any atom is 0.155 e. The van der Waals surface area contributed by atoms with Gasteiger partial charge in [0.2, 0.25) is 0 Å². The molecule has 1 aromatic carbocycles. The molecule has 0 heterocycles. The lowest BCUT2D eigenvalue weighted by Crippen LogP contribution is -2.38. The van der Waals surface area contributed by atoms with Crippen molar-refractivity contribution in [1.82, 2.24) is 0 Å². The number of hydrogen-bond donors (Lipinski definition) is 0. The summed E-state index contributed by atoms with van der Waals surface area (Å²) in [5.74, 6) is 3.72. The molecule has 0 aromatic heterocycles. The van der Waals surface area contributed by atoms with Crippen LogP contribution in [0.3, 0.4) is 0 Å². The van der Waals surface area contributed by atoms with E-state index in [0.29, 0.717) is 12.2 Å². The van der Waals surface area contributed by atoms with E-state index >= 15 is 0 Å². The van der Waals surface area contributed by atoms with Crippen molar-refractivity contribution in [3.8, 4) is 11.5 Å². The first kappa shape index (κ1) is 14.1. The number of carbonyl (C=O) groups excluding carboxylic acids is 1. The molecular weight excluding hydrogens is 248 g/mol. The molecule has 0 spiro atoms. The van der Waals surface area contributed by atoms with Crippen LogP contribution in [-0.2, 0) is 10.2 Å². The first-order chi connectivity index (χ1) is 8.94. The van der Waals surface area contributed by atoms with E-state index in [-0.39, 0.29) is 0 Å². The normalized spacial score (nSPS) is 23.6. The van der Waals surface area contributed by atoms with Gasteiger partial charge in [-0.15, -0.1) is 5.54 Å². The first-order valence-corrected chi connectivity index (χ1v) is 10.6. The highest BCUT2D eigenvalue weighted by Crippen LogP contribution is 2.36. The van der Waals surface area contributed by atoms with Crippen LogP contribution in [0.5, 0.6) is 0 Å². The standard InChI is InChI=1S/C17H22OSi/c1-19(2,3)14-13-17(12-8-7-11-16(17)18)15-9-5-4-6-10-15/h4-6,9-10H,7-8,11-12H2,1-3H3. The van der Waals surface area contributed by atoms with Crippen LogP contribution >= 0.6 is 0 Å². The van der Waals surface area contributed by atoms with Crippen molar-refractivity contribution in [3.63, 3.8) is 0 Å². The summed E-state index contributed by atoms with van der Waals surface area (Å²) in [6.07, 6.45) is 3.67. The lowest BCUT2D eigenvalue weighted by molar-refractivity contribution is -0.124. The summed E-state index contributed by atoms with van der Waals surface area (Å²) >= 11 is 0. The Labute approximate surface area is 117 Å². The van der Waals surface area contributed by atoms with Gasteiger partial charge in [0.1, 0.15) is 13.5 Å². The van der Waals surface area contributed by atoms with Gasteiger partial charge in [-0.3, -0.25) is 4.79 Å². The molecule has 100 valence electrons. The number of hydrogen-bond acceptors (Lipinski definition) is 1. The third-order valence-corrected chi connectivity index (χ3v) is 4.47. The Morgan fingerprint density at radius 2 is 1.79 bits per heavy atom. The monoisotopic (exact) mass is 270 g/mol. The Balaban J connectivity index is 2.49. The molecule has 0 bridgehead atoms. The van der Waals surface area contributed by atoms with E-state index in [0.717, 1.165) is 24.8 Å². The van der Waals surface area contributed by atoms with Crippen molar-refractivity contribution in [1.29, 1.82) is 0 Å². The average molecular weight is 270 g/mol. The van der Waals surface area contributed by atoms with Gasteiger partial charge in [-0.05, 0) is 18.4 Å². The van der Waals surface area contributed by atoms with Crippen LogP contribution in [0.15, 0.2) is 30.3 Å². The lowest BCUT2D eigenvalue weighted by Gasteiger charge is -2.32. The molecule has 1 atom stereocenters. The summed E-state index contributed by atoms with van der Waals surface area (Å²) in [4.78, 5) is 12.5. The van der Waals surface area contributed by atoms with Crippen molar-refractivity contribution in [2.45, 2.75) is 50.7 Å². The molecule has 1 aliphatic carbocycles. The predicted octanol–water partition coefficient (Wildman–Crippen LogP) is 3.95. The fraction of sp³-hybridized carbons (Fsp3) is 0.471. The van der Waals surface area contributed by atoms with E-state index in [4.69, 9.17) is 0 Å². The Morgan fingerprint density at radius 3 is 2.37 bits per heavy atom. The van der Waals surface area contributed by atoms with Crippen molar-refractivity contribution in [2.75, 3.05) is 0 Å². The molecule has 1 aliphatic rings. The van der Waals surface area contributed by atoms with Gasteiger partial charge in [-0.1, -0.05) is 62.3 Å². The second-order valence-corrected chi connectivity index (χ2v) is 11.2. The predicted molar refractivity (Wildman–Crippen MR) is 82.7 cm³/mol. The summed E-state index contributed by atoms with van der Waals surface area (Å²) in [7, 11) is -1.46. The van der Waals surface area contributed by atoms with Crippen LogP contribution in [0.4, 0.5) is 0 Å². The van der Waals surface area contributed by atoms with Crippen LogP contribution in [0.2, 0.25) is 19.6 Å².